The summed E-state index contributed by atoms with van der Waals surface area (Å²) in [4.78, 5) is 0. The van der Waals surface area contributed by atoms with Gasteiger partial charge in [-0.05, 0) is 18.8 Å². The Bertz CT molecular complexity index is 247. The summed E-state index contributed by atoms with van der Waals surface area (Å²) in [5, 5.41) is 0. The average Bonchev–Trinajstić information content (AvgIpc) is 2.17. The van der Waals surface area contributed by atoms with Gasteiger partial charge >= 0.3 is 0 Å². The lowest BCUT2D eigenvalue weighted by molar-refractivity contribution is 0.0568. The van der Waals surface area contributed by atoms with Crippen molar-refractivity contribution in [3.05, 3.63) is 0 Å². The van der Waals surface area contributed by atoms with Gasteiger partial charge in [-0.15, -0.1) is 0 Å². The summed E-state index contributed by atoms with van der Waals surface area (Å²) in [6.45, 7) is 2.09. The molecule has 1 rings (SSSR count). The van der Waals surface area contributed by atoms with Crippen molar-refractivity contribution in [3.8, 4) is 0 Å². The summed E-state index contributed by atoms with van der Waals surface area (Å²) in [7, 11) is -3.16. The maximum Gasteiger partial charge on any atom is 0.212 e. The third-order valence-electron chi connectivity index (χ3n) is 2.23. The summed E-state index contributed by atoms with van der Waals surface area (Å²) in [6.07, 6.45) is 2.05. The number of nitrogens with two attached hydrogens (primary N) is 1. The minimum Gasteiger partial charge on any atom is -0.381 e. The molecule has 0 amide bonds. The predicted molar refractivity (Wildman–Crippen MR) is 54.4 cm³/mol. The standard InChI is InChI=1S/C8H18N2O3S/c9-3-5-14(11,12)10-6-8-2-1-4-13-7-8/h8,10H,1-7,9H2. The second-order valence-electron chi connectivity index (χ2n) is 3.54. The van der Waals surface area contributed by atoms with Gasteiger partial charge in [-0.3, -0.25) is 0 Å². The van der Waals surface area contributed by atoms with E-state index >= 15 is 0 Å². The Labute approximate surface area is 85.1 Å². The normalized spacial score (nSPS) is 23.6. The number of hydrogen-bond acceptors (Lipinski definition) is 4. The van der Waals surface area contributed by atoms with Crippen LogP contribution in [0.3, 0.4) is 0 Å². The van der Waals surface area contributed by atoms with Crippen LogP contribution in [0.2, 0.25) is 0 Å². The molecule has 0 spiro atoms. The maximum absolute atomic E-state index is 11.2. The van der Waals surface area contributed by atoms with E-state index in [1.54, 1.807) is 0 Å². The Kier molecular flexibility index (Phi) is 4.80. The van der Waals surface area contributed by atoms with Crippen molar-refractivity contribution in [2.24, 2.45) is 11.7 Å². The topological polar surface area (TPSA) is 81.4 Å². The van der Waals surface area contributed by atoms with Crippen LogP contribution in [0.5, 0.6) is 0 Å². The van der Waals surface area contributed by atoms with E-state index in [1.807, 2.05) is 0 Å². The molecule has 0 bridgehead atoms. The van der Waals surface area contributed by atoms with Crippen molar-refractivity contribution in [2.45, 2.75) is 12.8 Å². The molecule has 1 aliphatic heterocycles. The summed E-state index contributed by atoms with van der Waals surface area (Å²) >= 11 is 0. The summed E-state index contributed by atoms with van der Waals surface area (Å²) in [5.41, 5.74) is 5.18. The van der Waals surface area contributed by atoms with E-state index in [1.165, 1.54) is 0 Å². The van der Waals surface area contributed by atoms with E-state index in [2.05, 4.69) is 4.72 Å². The van der Waals surface area contributed by atoms with E-state index in [0.717, 1.165) is 19.4 Å². The smallest absolute Gasteiger partial charge is 0.212 e. The highest BCUT2D eigenvalue weighted by Crippen LogP contribution is 2.12. The average molecular weight is 222 g/mol. The lowest BCUT2D eigenvalue weighted by Crippen LogP contribution is -2.36. The fourth-order valence-electron chi connectivity index (χ4n) is 1.44. The largest absolute Gasteiger partial charge is 0.381 e. The van der Waals surface area contributed by atoms with E-state index < -0.39 is 10.0 Å². The zero-order valence-corrected chi connectivity index (χ0v) is 9.05. The van der Waals surface area contributed by atoms with Gasteiger partial charge in [0.15, 0.2) is 0 Å². The number of rotatable bonds is 5. The van der Waals surface area contributed by atoms with Crippen molar-refractivity contribution < 1.29 is 13.2 Å². The first-order valence-electron chi connectivity index (χ1n) is 4.89. The third-order valence-corrected chi connectivity index (χ3v) is 3.61. The quantitative estimate of drug-likeness (QED) is 0.644. The van der Waals surface area contributed by atoms with Crippen LogP contribution in [-0.2, 0) is 14.8 Å². The zero-order chi connectivity index (χ0) is 10.4. The highest BCUT2D eigenvalue weighted by Gasteiger charge is 2.16. The molecule has 3 N–H and O–H groups in total. The molecule has 14 heavy (non-hydrogen) atoms. The molecule has 5 nitrogen and oxygen atoms in total. The van der Waals surface area contributed by atoms with E-state index in [4.69, 9.17) is 10.5 Å². The van der Waals surface area contributed by atoms with Crippen LogP contribution >= 0.6 is 0 Å². The molecule has 1 heterocycles. The Morgan fingerprint density at radius 3 is 2.86 bits per heavy atom. The lowest BCUT2D eigenvalue weighted by atomic mass is 10.0. The fourth-order valence-corrected chi connectivity index (χ4v) is 2.38. The molecule has 0 radical (unpaired) electrons. The summed E-state index contributed by atoms with van der Waals surface area (Å²) in [5.74, 6) is 0.317. The van der Waals surface area contributed by atoms with Gasteiger partial charge in [0.1, 0.15) is 0 Å². The molecule has 0 aromatic rings. The second-order valence-corrected chi connectivity index (χ2v) is 5.47. The van der Waals surface area contributed by atoms with Gasteiger partial charge in [0.05, 0.1) is 12.4 Å². The molecule has 1 fully saturated rings. The van der Waals surface area contributed by atoms with Gasteiger partial charge in [0, 0.05) is 19.7 Å². The number of nitrogens with one attached hydrogen (secondary N) is 1. The lowest BCUT2D eigenvalue weighted by Gasteiger charge is -2.22. The molecular weight excluding hydrogens is 204 g/mol. The molecule has 0 aromatic heterocycles. The van der Waals surface area contributed by atoms with Gasteiger partial charge < -0.3 is 10.5 Å². The highest BCUT2D eigenvalue weighted by atomic mass is 32.2. The molecule has 84 valence electrons. The first-order valence-corrected chi connectivity index (χ1v) is 6.54. The second kappa shape index (κ2) is 5.65. The number of hydrogen-bond donors (Lipinski definition) is 2. The molecule has 1 aliphatic rings. The van der Waals surface area contributed by atoms with Gasteiger partial charge in [-0.1, -0.05) is 0 Å². The van der Waals surface area contributed by atoms with Crippen LogP contribution in [0.15, 0.2) is 0 Å². The Morgan fingerprint density at radius 2 is 2.29 bits per heavy atom. The summed E-state index contributed by atoms with van der Waals surface area (Å²) in [6, 6.07) is 0. The SMILES string of the molecule is NCCS(=O)(=O)NCC1CCCOC1. The predicted octanol–water partition coefficient (Wildman–Crippen LogP) is -0.709. The first kappa shape index (κ1) is 11.9. The van der Waals surface area contributed by atoms with Gasteiger partial charge in [0.25, 0.3) is 0 Å². The van der Waals surface area contributed by atoms with Crippen molar-refractivity contribution in [1.29, 1.82) is 0 Å². The molecule has 0 aliphatic carbocycles. The highest BCUT2D eigenvalue weighted by molar-refractivity contribution is 7.89. The first-order chi connectivity index (χ1) is 6.64. The van der Waals surface area contributed by atoms with Crippen molar-refractivity contribution in [2.75, 3.05) is 32.1 Å². The van der Waals surface area contributed by atoms with E-state index in [-0.39, 0.29) is 12.3 Å². The molecule has 0 saturated carbocycles. The van der Waals surface area contributed by atoms with Crippen LogP contribution < -0.4 is 10.5 Å². The van der Waals surface area contributed by atoms with Gasteiger partial charge in [-0.25, -0.2) is 13.1 Å². The Balaban J connectivity index is 2.24. The molecule has 1 unspecified atom stereocenters. The molecular formula is C8H18N2O3S. The van der Waals surface area contributed by atoms with E-state index in [9.17, 15) is 8.42 Å². The maximum atomic E-state index is 11.2. The zero-order valence-electron chi connectivity index (χ0n) is 8.24. The molecule has 6 heteroatoms. The Hall–Kier alpha value is -0.170. The van der Waals surface area contributed by atoms with Crippen LogP contribution in [0, 0.1) is 5.92 Å². The number of ether oxygens (including phenoxy) is 1. The Morgan fingerprint density at radius 1 is 1.50 bits per heavy atom. The minimum atomic E-state index is -3.16. The molecule has 1 atom stereocenters. The summed E-state index contributed by atoms with van der Waals surface area (Å²) < 4.78 is 30.3. The van der Waals surface area contributed by atoms with Crippen molar-refractivity contribution in [3.63, 3.8) is 0 Å². The van der Waals surface area contributed by atoms with Gasteiger partial charge in [-0.2, -0.15) is 0 Å². The fraction of sp³-hybridized carbons (Fsp3) is 1.00. The van der Waals surface area contributed by atoms with Crippen molar-refractivity contribution >= 4 is 10.0 Å². The number of sulfonamides is 1. The van der Waals surface area contributed by atoms with E-state index in [0.29, 0.717) is 19.1 Å². The monoisotopic (exact) mass is 222 g/mol. The van der Waals surface area contributed by atoms with Gasteiger partial charge in [0.2, 0.25) is 10.0 Å². The third kappa shape index (κ3) is 4.36. The molecule has 0 aromatic carbocycles. The van der Waals surface area contributed by atoms with Crippen LogP contribution in [0.1, 0.15) is 12.8 Å². The van der Waals surface area contributed by atoms with Crippen molar-refractivity contribution in [1.82, 2.24) is 4.72 Å². The molecule has 1 saturated heterocycles. The minimum absolute atomic E-state index is 0.000573. The van der Waals surface area contributed by atoms with Crippen LogP contribution in [-0.4, -0.2) is 40.5 Å². The van der Waals surface area contributed by atoms with Crippen LogP contribution in [0.4, 0.5) is 0 Å². The van der Waals surface area contributed by atoms with Crippen LogP contribution in [0.25, 0.3) is 0 Å².